The van der Waals surface area contributed by atoms with Crippen LogP contribution in [0.4, 0.5) is 0 Å². The molecule has 7 nitrogen and oxygen atoms in total. The van der Waals surface area contributed by atoms with Crippen LogP contribution in [0.5, 0.6) is 0 Å². The number of hydrogen-bond acceptors (Lipinski definition) is 5. The standard InChI is InChI=1S/C16H19N3O4S/c1-9-10(2)24-15-14(9)16(23)18(8-17-15)6-5-12(20)19(7-13(21)22)11-3-4-11/h8,11H,3-7H2,1-2H3,(H,21,22). The number of aliphatic carboxylic acids is 1. The van der Waals surface area contributed by atoms with E-state index < -0.39 is 5.97 Å². The topological polar surface area (TPSA) is 92.5 Å². The van der Waals surface area contributed by atoms with Crippen molar-refractivity contribution in [2.45, 2.75) is 45.7 Å². The van der Waals surface area contributed by atoms with E-state index in [1.165, 1.54) is 27.1 Å². The Bertz CT molecular complexity index is 866. The number of carbonyl (C=O) groups is 2. The maximum atomic E-state index is 12.6. The molecule has 0 aromatic carbocycles. The summed E-state index contributed by atoms with van der Waals surface area (Å²) in [6.07, 6.45) is 3.25. The largest absolute Gasteiger partial charge is 0.480 e. The highest BCUT2D eigenvalue weighted by molar-refractivity contribution is 7.18. The molecule has 3 rings (SSSR count). The first kappa shape index (κ1) is 16.6. The average molecular weight is 349 g/mol. The van der Waals surface area contributed by atoms with Gasteiger partial charge in [-0.1, -0.05) is 0 Å². The number of thiophene rings is 1. The number of carboxylic acids is 1. The summed E-state index contributed by atoms with van der Waals surface area (Å²) in [5.74, 6) is -1.25. The van der Waals surface area contributed by atoms with Gasteiger partial charge in [0.1, 0.15) is 11.4 Å². The molecule has 1 aliphatic carbocycles. The number of amides is 1. The van der Waals surface area contributed by atoms with Crippen molar-refractivity contribution in [3.05, 3.63) is 27.1 Å². The number of aryl methyl sites for hydroxylation is 3. The van der Waals surface area contributed by atoms with Gasteiger partial charge in [-0.15, -0.1) is 11.3 Å². The molecule has 1 fully saturated rings. The minimum absolute atomic E-state index is 0.0349. The molecular formula is C16H19N3O4S. The molecule has 0 unspecified atom stereocenters. The first-order valence-electron chi connectivity index (χ1n) is 7.85. The van der Waals surface area contributed by atoms with Crippen LogP contribution in [0.15, 0.2) is 11.1 Å². The summed E-state index contributed by atoms with van der Waals surface area (Å²) in [5, 5.41) is 9.54. The zero-order valence-corrected chi connectivity index (χ0v) is 14.4. The van der Waals surface area contributed by atoms with E-state index in [9.17, 15) is 14.4 Å². The van der Waals surface area contributed by atoms with Crippen molar-refractivity contribution in [1.29, 1.82) is 0 Å². The van der Waals surface area contributed by atoms with Crippen molar-refractivity contribution in [2.24, 2.45) is 0 Å². The van der Waals surface area contributed by atoms with Crippen LogP contribution in [0, 0.1) is 13.8 Å². The van der Waals surface area contributed by atoms with Crippen molar-refractivity contribution in [1.82, 2.24) is 14.5 Å². The Morgan fingerprint density at radius 3 is 2.75 bits per heavy atom. The zero-order valence-electron chi connectivity index (χ0n) is 13.6. The Hall–Kier alpha value is -2.22. The number of hydrogen-bond donors (Lipinski definition) is 1. The van der Waals surface area contributed by atoms with Crippen LogP contribution >= 0.6 is 11.3 Å². The first-order valence-corrected chi connectivity index (χ1v) is 8.66. The second-order valence-electron chi connectivity index (χ2n) is 6.10. The van der Waals surface area contributed by atoms with E-state index in [2.05, 4.69) is 4.98 Å². The smallest absolute Gasteiger partial charge is 0.323 e. The molecule has 1 aliphatic rings. The van der Waals surface area contributed by atoms with Crippen molar-refractivity contribution >= 4 is 33.4 Å². The zero-order chi connectivity index (χ0) is 17.4. The van der Waals surface area contributed by atoms with Gasteiger partial charge >= 0.3 is 5.97 Å². The number of carbonyl (C=O) groups excluding carboxylic acids is 1. The highest BCUT2D eigenvalue weighted by atomic mass is 32.1. The van der Waals surface area contributed by atoms with E-state index >= 15 is 0 Å². The van der Waals surface area contributed by atoms with Crippen LogP contribution in [0.3, 0.4) is 0 Å². The molecule has 2 heterocycles. The normalized spacial score (nSPS) is 14.1. The van der Waals surface area contributed by atoms with E-state index in [0.717, 1.165) is 23.3 Å². The fraction of sp³-hybridized carbons (Fsp3) is 0.500. The average Bonchev–Trinajstić information content (AvgIpc) is 3.31. The third kappa shape index (κ3) is 3.19. The van der Waals surface area contributed by atoms with Crippen LogP contribution in [0.1, 0.15) is 29.7 Å². The third-order valence-electron chi connectivity index (χ3n) is 4.34. The van der Waals surface area contributed by atoms with Gasteiger partial charge in [0.15, 0.2) is 0 Å². The molecule has 2 aromatic heterocycles. The molecule has 1 N–H and O–H groups in total. The minimum atomic E-state index is -1.01. The van der Waals surface area contributed by atoms with Crippen molar-refractivity contribution in [3.63, 3.8) is 0 Å². The summed E-state index contributed by atoms with van der Waals surface area (Å²) >= 11 is 1.49. The molecule has 0 aliphatic heterocycles. The summed E-state index contributed by atoms with van der Waals surface area (Å²) in [6, 6.07) is 0.0349. The van der Waals surface area contributed by atoms with Gasteiger partial charge in [-0.05, 0) is 32.3 Å². The molecular weight excluding hydrogens is 330 g/mol. The molecule has 8 heteroatoms. The van der Waals surface area contributed by atoms with Gasteiger partial charge in [0.05, 0.1) is 11.7 Å². The Morgan fingerprint density at radius 1 is 1.42 bits per heavy atom. The molecule has 128 valence electrons. The quantitative estimate of drug-likeness (QED) is 0.854. The van der Waals surface area contributed by atoms with E-state index in [4.69, 9.17) is 5.11 Å². The lowest BCUT2D eigenvalue weighted by atomic mass is 10.2. The molecule has 1 amide bonds. The molecule has 0 bridgehead atoms. The number of aromatic nitrogens is 2. The van der Waals surface area contributed by atoms with Gasteiger partial charge in [0, 0.05) is 23.9 Å². The van der Waals surface area contributed by atoms with Crippen LogP contribution in [0.25, 0.3) is 10.2 Å². The van der Waals surface area contributed by atoms with Crippen LogP contribution < -0.4 is 5.56 Å². The maximum Gasteiger partial charge on any atom is 0.323 e. The Morgan fingerprint density at radius 2 is 2.12 bits per heavy atom. The number of fused-ring (bicyclic) bond motifs is 1. The Kier molecular flexibility index (Phi) is 4.40. The first-order chi connectivity index (χ1) is 11.4. The highest BCUT2D eigenvalue weighted by Crippen LogP contribution is 2.27. The lowest BCUT2D eigenvalue weighted by Crippen LogP contribution is -2.38. The van der Waals surface area contributed by atoms with Crippen LogP contribution in [-0.2, 0) is 16.1 Å². The maximum absolute atomic E-state index is 12.6. The molecule has 2 aromatic rings. The van der Waals surface area contributed by atoms with Gasteiger partial charge in [0.25, 0.3) is 5.56 Å². The predicted octanol–water partition coefficient (Wildman–Crippen LogP) is 1.54. The van der Waals surface area contributed by atoms with E-state index in [0.29, 0.717) is 10.2 Å². The summed E-state index contributed by atoms with van der Waals surface area (Å²) in [4.78, 5) is 43.3. The molecule has 0 saturated heterocycles. The van der Waals surface area contributed by atoms with E-state index in [1.807, 2.05) is 13.8 Å². The van der Waals surface area contributed by atoms with Crippen LogP contribution in [0.2, 0.25) is 0 Å². The van der Waals surface area contributed by atoms with Gasteiger partial charge in [-0.2, -0.15) is 0 Å². The van der Waals surface area contributed by atoms with E-state index in [-0.39, 0.29) is 37.0 Å². The molecule has 0 radical (unpaired) electrons. The summed E-state index contributed by atoms with van der Waals surface area (Å²) < 4.78 is 1.44. The van der Waals surface area contributed by atoms with Crippen molar-refractivity contribution < 1.29 is 14.7 Å². The molecule has 0 spiro atoms. The number of nitrogens with zero attached hydrogens (tertiary/aromatic N) is 3. The molecule has 1 saturated carbocycles. The summed E-state index contributed by atoms with van der Waals surface area (Å²) in [5.41, 5.74) is 0.782. The van der Waals surface area contributed by atoms with E-state index in [1.54, 1.807) is 0 Å². The minimum Gasteiger partial charge on any atom is -0.480 e. The SMILES string of the molecule is Cc1sc2ncn(CCC(=O)N(CC(=O)O)C3CC3)c(=O)c2c1C. The van der Waals surface area contributed by atoms with Crippen molar-refractivity contribution in [2.75, 3.05) is 6.54 Å². The Labute approximate surface area is 142 Å². The lowest BCUT2D eigenvalue weighted by Gasteiger charge is -2.20. The lowest BCUT2D eigenvalue weighted by molar-refractivity contribution is -0.145. The van der Waals surface area contributed by atoms with Gasteiger partial charge < -0.3 is 10.0 Å². The fourth-order valence-corrected chi connectivity index (χ4v) is 3.73. The van der Waals surface area contributed by atoms with Gasteiger partial charge in [-0.25, -0.2) is 4.98 Å². The van der Waals surface area contributed by atoms with Gasteiger partial charge in [0.2, 0.25) is 5.91 Å². The third-order valence-corrected chi connectivity index (χ3v) is 5.45. The Balaban J connectivity index is 1.76. The molecule has 24 heavy (non-hydrogen) atoms. The van der Waals surface area contributed by atoms with Gasteiger partial charge in [-0.3, -0.25) is 19.0 Å². The summed E-state index contributed by atoms with van der Waals surface area (Å²) in [6.45, 7) is 3.78. The molecule has 0 atom stereocenters. The second-order valence-corrected chi connectivity index (χ2v) is 7.31. The van der Waals surface area contributed by atoms with Crippen molar-refractivity contribution in [3.8, 4) is 0 Å². The summed E-state index contributed by atoms with van der Waals surface area (Å²) in [7, 11) is 0. The fourth-order valence-electron chi connectivity index (χ4n) is 2.74. The number of carboxylic acid groups (broad SMARTS) is 1. The second kappa shape index (κ2) is 6.35. The highest BCUT2D eigenvalue weighted by Gasteiger charge is 2.33. The van der Waals surface area contributed by atoms with Crippen LogP contribution in [-0.4, -0.2) is 44.0 Å². The number of rotatable bonds is 6. The predicted molar refractivity (Wildman–Crippen MR) is 90.3 cm³/mol. The monoisotopic (exact) mass is 349 g/mol.